The van der Waals surface area contributed by atoms with Crippen LogP contribution in [0.15, 0.2) is 84.9 Å². The average molecular weight is 725 g/mol. The van der Waals surface area contributed by atoms with Gasteiger partial charge in [0.05, 0.1) is 17.1 Å². The second-order valence-electron chi connectivity index (χ2n) is 9.24. The molecule has 4 aromatic carbocycles. The number of benzene rings is 4. The maximum Gasteiger partial charge on any atom is 1.00 e. The van der Waals surface area contributed by atoms with E-state index in [1.54, 1.807) is 48.5 Å². The number of carbonyl (C=O) groups excluding carboxylic acids is 4. The van der Waals surface area contributed by atoms with Gasteiger partial charge in [-0.1, -0.05) is 51.0 Å². The third-order valence-electron chi connectivity index (χ3n) is 5.82. The van der Waals surface area contributed by atoms with Gasteiger partial charge in [-0.25, -0.2) is 19.2 Å². The van der Waals surface area contributed by atoms with Crippen LogP contribution in [-0.4, -0.2) is 46.7 Å². The summed E-state index contributed by atoms with van der Waals surface area (Å²) in [5, 5.41) is 38.8. The first-order valence-corrected chi connectivity index (χ1v) is 13.2. The van der Waals surface area contributed by atoms with E-state index in [0.717, 1.165) is 30.3 Å². The molecule has 14 nitrogen and oxygen atoms in total. The number of urea groups is 2. The largest absolute Gasteiger partial charge is 1.00 e. The second-order valence-corrected chi connectivity index (χ2v) is 9.24. The Balaban J connectivity index is 0. The number of aromatic carboxylic acids is 3. The van der Waals surface area contributed by atoms with Crippen LogP contribution in [0.2, 0.25) is 0 Å². The van der Waals surface area contributed by atoms with Gasteiger partial charge in [0.2, 0.25) is 0 Å². The van der Waals surface area contributed by atoms with Crippen molar-refractivity contribution in [3.63, 3.8) is 0 Å². The normalized spacial score (nSPS) is 8.81. The molecule has 16 heteroatoms. The smallest absolute Gasteiger partial charge is 0.610 e. The molecule has 6 N–H and O–H groups in total. The SMILES string of the molecule is C.C.C#Cc1cccc(NC(=O)Nc2cc(C(=O)O)cc(C(=O)O)c2)c1.C#Cc1cccc(NC(=O)Nc2cc(O[C-]=O)cc(C(=O)[O-])c2)c1.[Na+].[Na+]. The predicted octanol–water partition coefficient (Wildman–Crippen LogP) is -0.890. The summed E-state index contributed by atoms with van der Waals surface area (Å²) in [4.78, 5) is 67.2. The van der Waals surface area contributed by atoms with E-state index in [9.17, 15) is 33.9 Å². The van der Waals surface area contributed by atoms with Crippen LogP contribution in [0, 0.1) is 24.7 Å². The molecule has 0 aliphatic heterocycles. The molecule has 0 aromatic heterocycles. The van der Waals surface area contributed by atoms with E-state index in [-0.39, 0.29) is 108 Å². The molecule has 4 rings (SSSR count). The molecule has 4 aromatic rings. The fourth-order valence-electron chi connectivity index (χ4n) is 3.80. The summed E-state index contributed by atoms with van der Waals surface area (Å²) in [7, 11) is 0. The summed E-state index contributed by atoms with van der Waals surface area (Å²) in [5.74, 6) is 0.668. The second kappa shape index (κ2) is 23.8. The minimum atomic E-state index is -1.49. The number of anilines is 4. The molecule has 0 saturated carbocycles. The zero-order valence-corrected chi connectivity index (χ0v) is 30.4. The quantitative estimate of drug-likeness (QED) is 0.0710. The predicted molar refractivity (Wildman–Crippen MR) is 185 cm³/mol. The fourth-order valence-corrected chi connectivity index (χ4v) is 3.80. The van der Waals surface area contributed by atoms with Crippen molar-refractivity contribution in [1.82, 2.24) is 0 Å². The van der Waals surface area contributed by atoms with E-state index in [4.69, 9.17) is 23.1 Å². The van der Waals surface area contributed by atoms with Crippen molar-refractivity contribution in [3.8, 4) is 30.4 Å². The zero-order chi connectivity index (χ0) is 35.2. The van der Waals surface area contributed by atoms with Crippen molar-refractivity contribution < 1.29 is 108 Å². The number of carbonyl (C=O) groups is 5. The first-order valence-electron chi connectivity index (χ1n) is 13.2. The van der Waals surface area contributed by atoms with E-state index in [1.807, 2.05) is 0 Å². The van der Waals surface area contributed by atoms with E-state index in [1.165, 1.54) is 12.5 Å². The van der Waals surface area contributed by atoms with Crippen molar-refractivity contribution in [1.29, 1.82) is 0 Å². The van der Waals surface area contributed by atoms with Crippen LogP contribution in [0.1, 0.15) is 57.1 Å². The topological polar surface area (TPSA) is 223 Å². The molecular weight excluding hydrogens is 694 g/mol. The van der Waals surface area contributed by atoms with Gasteiger partial charge in [-0.3, -0.25) is 0 Å². The minimum absolute atomic E-state index is 0. The van der Waals surface area contributed by atoms with Gasteiger partial charge >= 0.3 is 83.1 Å². The van der Waals surface area contributed by atoms with Gasteiger partial charge in [-0.2, -0.15) is 0 Å². The van der Waals surface area contributed by atoms with Crippen molar-refractivity contribution in [2.24, 2.45) is 0 Å². The standard InChI is InChI=1S/C17H11N2O5.C17H12N2O5.2CH4.2Na/c1-2-11-4-3-5-13(6-11)18-17(23)19-14-7-12(16(21)22)8-15(9-14)24-10-20;1-2-10-4-3-5-13(6-10)18-17(24)19-14-8-11(15(20)21)7-12(9-14)16(22)23;;;;/h1,3-9H,(H,21,22)(H2,18,19,23);1,3-9H,(H,20,21)(H,22,23)(H2,18,19,24);2*1H4;;/q-1;;;;2*+1/p-1. The molecule has 0 fully saturated rings. The summed E-state index contributed by atoms with van der Waals surface area (Å²) >= 11 is 0. The van der Waals surface area contributed by atoms with E-state index in [2.05, 4.69) is 37.8 Å². The maximum atomic E-state index is 12.0. The third kappa shape index (κ3) is 15.5. The Morgan fingerprint density at radius 3 is 1.40 bits per heavy atom. The Hall–Kier alpha value is -5.58. The molecule has 4 amide bonds. The Morgan fingerprint density at radius 1 is 0.615 bits per heavy atom. The van der Waals surface area contributed by atoms with Gasteiger partial charge in [0.15, 0.2) is 6.47 Å². The summed E-state index contributed by atoms with van der Waals surface area (Å²) in [5.41, 5.74) is 1.42. The van der Waals surface area contributed by atoms with Gasteiger partial charge in [-0.05, 0) is 72.0 Å². The number of ether oxygens (including phenoxy) is 1. The van der Waals surface area contributed by atoms with Crippen molar-refractivity contribution in [3.05, 3.63) is 113 Å². The molecule has 0 saturated heterocycles. The van der Waals surface area contributed by atoms with Gasteiger partial charge in [0, 0.05) is 33.9 Å². The van der Waals surface area contributed by atoms with Crippen molar-refractivity contribution >= 4 is 59.2 Å². The number of carboxylic acids is 3. The number of nitrogens with one attached hydrogen (secondary N) is 4. The molecule has 256 valence electrons. The minimum Gasteiger partial charge on any atom is -0.610 e. The van der Waals surface area contributed by atoms with Crippen molar-refractivity contribution in [2.75, 3.05) is 21.3 Å². The number of amides is 4. The molecule has 0 bridgehead atoms. The first kappa shape index (κ1) is 48.5. The Labute approximate surface area is 343 Å². The van der Waals surface area contributed by atoms with Crippen LogP contribution in [0.3, 0.4) is 0 Å². The fraction of sp³-hybridized carbons (Fsp3) is 0.0556. The Bertz CT molecular complexity index is 1970. The molecule has 0 aliphatic rings. The van der Waals surface area contributed by atoms with Gasteiger partial charge < -0.3 is 50.9 Å². The van der Waals surface area contributed by atoms with E-state index >= 15 is 0 Å². The summed E-state index contributed by atoms with van der Waals surface area (Å²) in [6.45, 7) is 1.17. The molecule has 52 heavy (non-hydrogen) atoms. The molecule has 0 atom stereocenters. The molecule has 0 heterocycles. The van der Waals surface area contributed by atoms with Crippen LogP contribution < -0.4 is 90.2 Å². The Morgan fingerprint density at radius 2 is 1.02 bits per heavy atom. The monoisotopic (exact) mass is 724 g/mol. The Kier molecular flexibility index (Phi) is 22.2. The van der Waals surface area contributed by atoms with Crippen LogP contribution in [0.5, 0.6) is 5.75 Å². The van der Waals surface area contributed by atoms with E-state index in [0.29, 0.717) is 22.5 Å². The average Bonchev–Trinajstić information content (AvgIpc) is 3.04. The number of terminal acetylenes is 2. The number of rotatable bonds is 9. The molecule has 0 aliphatic carbocycles. The molecular formula is C36H30N4Na2O10. The van der Waals surface area contributed by atoms with Gasteiger partial charge in [-0.15, -0.1) is 12.8 Å². The maximum absolute atomic E-state index is 12.0. The van der Waals surface area contributed by atoms with Crippen LogP contribution in [0.4, 0.5) is 32.3 Å². The van der Waals surface area contributed by atoms with Gasteiger partial charge in [0.1, 0.15) is 0 Å². The van der Waals surface area contributed by atoms with Gasteiger partial charge in [0.25, 0.3) is 0 Å². The van der Waals surface area contributed by atoms with E-state index < -0.39 is 30.0 Å². The first-order chi connectivity index (χ1) is 22.9. The number of hydrogen-bond acceptors (Lipinski definition) is 8. The zero-order valence-electron chi connectivity index (χ0n) is 26.4. The van der Waals surface area contributed by atoms with Crippen LogP contribution >= 0.6 is 0 Å². The summed E-state index contributed by atoms with van der Waals surface area (Å²) in [6, 6.07) is 18.7. The van der Waals surface area contributed by atoms with Crippen LogP contribution in [0.25, 0.3) is 0 Å². The van der Waals surface area contributed by atoms with Crippen molar-refractivity contribution in [2.45, 2.75) is 14.9 Å². The summed E-state index contributed by atoms with van der Waals surface area (Å²) < 4.78 is 4.48. The molecule has 0 unspecified atom stereocenters. The molecule has 0 radical (unpaired) electrons. The molecule has 0 spiro atoms. The number of carboxylic acid groups (broad SMARTS) is 3. The third-order valence-corrected chi connectivity index (χ3v) is 5.82. The van der Waals surface area contributed by atoms with Crippen LogP contribution in [-0.2, 0) is 4.79 Å². The summed E-state index contributed by atoms with van der Waals surface area (Å²) in [6.07, 6.45) is 10.6. The number of hydrogen-bond donors (Lipinski definition) is 6.